The predicted molar refractivity (Wildman–Crippen MR) is 119 cm³/mol. The molecule has 3 rings (SSSR count). The molecule has 1 aliphatic carbocycles. The Labute approximate surface area is 181 Å². The molecular formula is C19H24ClIN4O2. The second-order valence-electron chi connectivity index (χ2n) is 6.20. The zero-order chi connectivity index (χ0) is 18.4. The highest BCUT2D eigenvalue weighted by Gasteiger charge is 2.16. The molecule has 1 aromatic heterocycles. The van der Waals surface area contributed by atoms with Gasteiger partial charge in [-0.1, -0.05) is 11.6 Å². The standard InChI is InChI=1S/C19H23ClN4O2.HI/c1-25-17-7-6-14(11-16(17)20)24-19(21)23-12-13-8-9-22-18(10-13)26-15-4-2-3-5-15;/h6-11,15H,2-5,12H2,1H3,(H3,21,23,24);1H. The van der Waals surface area contributed by atoms with Crippen LogP contribution in [-0.4, -0.2) is 24.2 Å². The maximum atomic E-state index is 6.11. The van der Waals surface area contributed by atoms with E-state index in [4.69, 9.17) is 26.8 Å². The fourth-order valence-corrected chi connectivity index (χ4v) is 3.16. The number of aromatic nitrogens is 1. The largest absolute Gasteiger partial charge is 0.495 e. The number of nitrogens with two attached hydrogens (primary N) is 1. The average molecular weight is 503 g/mol. The van der Waals surface area contributed by atoms with Gasteiger partial charge in [-0.05, 0) is 55.5 Å². The first-order chi connectivity index (χ1) is 12.6. The van der Waals surface area contributed by atoms with Crippen molar-refractivity contribution in [2.45, 2.75) is 38.3 Å². The summed E-state index contributed by atoms with van der Waals surface area (Å²) in [5, 5.41) is 3.53. The maximum absolute atomic E-state index is 6.11. The smallest absolute Gasteiger partial charge is 0.213 e. The number of methoxy groups -OCH3 is 1. The van der Waals surface area contributed by atoms with Crippen LogP contribution in [-0.2, 0) is 6.54 Å². The average Bonchev–Trinajstić information content (AvgIpc) is 3.13. The SMILES string of the molecule is COc1ccc(NC(N)=NCc2ccnc(OC3CCCC3)c2)cc1Cl.I. The highest BCUT2D eigenvalue weighted by Crippen LogP contribution is 2.27. The molecule has 1 aromatic carbocycles. The Morgan fingerprint density at radius 3 is 2.78 bits per heavy atom. The van der Waals surface area contributed by atoms with Crippen molar-refractivity contribution in [1.82, 2.24) is 4.98 Å². The van der Waals surface area contributed by atoms with Crippen molar-refractivity contribution in [3.8, 4) is 11.6 Å². The lowest BCUT2D eigenvalue weighted by Gasteiger charge is -2.12. The van der Waals surface area contributed by atoms with Gasteiger partial charge in [-0.2, -0.15) is 0 Å². The first-order valence-electron chi connectivity index (χ1n) is 8.66. The van der Waals surface area contributed by atoms with Crippen LogP contribution in [0, 0.1) is 0 Å². The molecule has 0 atom stereocenters. The molecule has 27 heavy (non-hydrogen) atoms. The summed E-state index contributed by atoms with van der Waals surface area (Å²) in [5.74, 6) is 1.57. The van der Waals surface area contributed by atoms with E-state index in [1.165, 1.54) is 12.8 Å². The van der Waals surface area contributed by atoms with E-state index in [1.807, 2.05) is 18.2 Å². The van der Waals surface area contributed by atoms with Crippen LogP contribution in [0.1, 0.15) is 31.2 Å². The lowest BCUT2D eigenvalue weighted by Crippen LogP contribution is -2.22. The molecule has 2 aromatic rings. The van der Waals surface area contributed by atoms with E-state index in [0.29, 0.717) is 29.2 Å². The van der Waals surface area contributed by atoms with E-state index in [9.17, 15) is 0 Å². The van der Waals surface area contributed by atoms with Gasteiger partial charge in [0.25, 0.3) is 0 Å². The van der Waals surface area contributed by atoms with Gasteiger partial charge in [0.15, 0.2) is 5.96 Å². The van der Waals surface area contributed by atoms with Gasteiger partial charge in [-0.15, -0.1) is 24.0 Å². The molecule has 0 saturated heterocycles. The third-order valence-corrected chi connectivity index (χ3v) is 4.54. The Morgan fingerprint density at radius 2 is 2.07 bits per heavy atom. The normalized spacial score (nSPS) is 14.5. The quantitative estimate of drug-likeness (QED) is 0.342. The molecule has 8 heteroatoms. The molecule has 3 N–H and O–H groups in total. The monoisotopic (exact) mass is 502 g/mol. The molecule has 0 bridgehead atoms. The molecule has 1 heterocycles. The number of rotatable bonds is 6. The van der Waals surface area contributed by atoms with Crippen molar-refractivity contribution in [1.29, 1.82) is 0 Å². The third kappa shape index (κ3) is 6.42. The van der Waals surface area contributed by atoms with E-state index in [-0.39, 0.29) is 30.1 Å². The molecular weight excluding hydrogens is 479 g/mol. The van der Waals surface area contributed by atoms with Gasteiger partial charge in [-0.3, -0.25) is 0 Å². The van der Waals surface area contributed by atoms with E-state index in [2.05, 4.69) is 15.3 Å². The van der Waals surface area contributed by atoms with Crippen LogP contribution in [0.5, 0.6) is 11.6 Å². The van der Waals surface area contributed by atoms with Crippen molar-refractivity contribution < 1.29 is 9.47 Å². The zero-order valence-corrected chi connectivity index (χ0v) is 18.2. The highest BCUT2D eigenvalue weighted by atomic mass is 127. The summed E-state index contributed by atoms with van der Waals surface area (Å²) in [6.07, 6.45) is 6.68. The number of guanidine groups is 1. The number of anilines is 1. The van der Waals surface area contributed by atoms with Crippen LogP contribution < -0.4 is 20.5 Å². The van der Waals surface area contributed by atoms with E-state index in [0.717, 1.165) is 24.1 Å². The summed E-state index contributed by atoms with van der Waals surface area (Å²) in [6, 6.07) is 9.16. The topological polar surface area (TPSA) is 81.8 Å². The van der Waals surface area contributed by atoms with Crippen LogP contribution in [0.2, 0.25) is 5.02 Å². The Hall–Kier alpha value is -1.74. The minimum atomic E-state index is 0. The first kappa shape index (κ1) is 21.6. The molecule has 0 unspecified atom stereocenters. The molecule has 0 aliphatic heterocycles. The Kier molecular flexibility index (Phi) is 8.43. The van der Waals surface area contributed by atoms with E-state index in [1.54, 1.807) is 25.4 Å². The summed E-state index contributed by atoms with van der Waals surface area (Å²) in [4.78, 5) is 8.64. The number of hydrogen-bond acceptors (Lipinski definition) is 4. The Bertz CT molecular complexity index is 782. The second kappa shape index (κ2) is 10.6. The number of halogens is 2. The molecule has 1 aliphatic rings. The van der Waals surface area contributed by atoms with Gasteiger partial charge in [0.05, 0.1) is 18.7 Å². The molecule has 1 fully saturated rings. The number of nitrogens with zero attached hydrogens (tertiary/aromatic N) is 2. The lowest BCUT2D eigenvalue weighted by atomic mass is 10.2. The number of nitrogens with one attached hydrogen (secondary N) is 1. The van der Waals surface area contributed by atoms with Gasteiger partial charge in [0, 0.05) is 18.0 Å². The van der Waals surface area contributed by atoms with Crippen LogP contribution in [0.25, 0.3) is 0 Å². The van der Waals surface area contributed by atoms with Crippen molar-refractivity contribution in [3.63, 3.8) is 0 Å². The van der Waals surface area contributed by atoms with Crippen molar-refractivity contribution in [2.24, 2.45) is 10.7 Å². The summed E-state index contributed by atoms with van der Waals surface area (Å²) < 4.78 is 11.1. The maximum Gasteiger partial charge on any atom is 0.213 e. The molecule has 1 saturated carbocycles. The van der Waals surface area contributed by atoms with Crippen LogP contribution in [0.15, 0.2) is 41.5 Å². The highest BCUT2D eigenvalue weighted by molar-refractivity contribution is 14.0. The number of hydrogen-bond donors (Lipinski definition) is 2. The fourth-order valence-electron chi connectivity index (χ4n) is 2.90. The van der Waals surface area contributed by atoms with Crippen LogP contribution in [0.3, 0.4) is 0 Å². The fraction of sp³-hybridized carbons (Fsp3) is 0.368. The molecule has 0 radical (unpaired) electrons. The van der Waals surface area contributed by atoms with Gasteiger partial charge in [0.2, 0.25) is 5.88 Å². The summed E-state index contributed by atoms with van der Waals surface area (Å²) in [7, 11) is 1.57. The molecule has 6 nitrogen and oxygen atoms in total. The van der Waals surface area contributed by atoms with Crippen LogP contribution in [0.4, 0.5) is 5.69 Å². The predicted octanol–water partition coefficient (Wildman–Crippen LogP) is 4.61. The van der Waals surface area contributed by atoms with Crippen LogP contribution >= 0.6 is 35.6 Å². The van der Waals surface area contributed by atoms with Gasteiger partial charge in [-0.25, -0.2) is 9.98 Å². The molecule has 0 amide bonds. The van der Waals surface area contributed by atoms with Gasteiger partial charge >= 0.3 is 0 Å². The van der Waals surface area contributed by atoms with E-state index < -0.39 is 0 Å². The molecule has 0 spiro atoms. The Morgan fingerprint density at radius 1 is 1.30 bits per heavy atom. The van der Waals surface area contributed by atoms with Gasteiger partial charge < -0.3 is 20.5 Å². The zero-order valence-electron chi connectivity index (χ0n) is 15.2. The summed E-state index contributed by atoms with van der Waals surface area (Å²) in [6.45, 7) is 0.437. The van der Waals surface area contributed by atoms with Crippen molar-refractivity contribution in [2.75, 3.05) is 12.4 Å². The number of pyridine rings is 1. The number of aliphatic imine (C=N–C) groups is 1. The first-order valence-corrected chi connectivity index (χ1v) is 9.04. The van der Waals surface area contributed by atoms with Crippen molar-refractivity contribution in [3.05, 3.63) is 47.1 Å². The van der Waals surface area contributed by atoms with E-state index >= 15 is 0 Å². The Balaban J connectivity index is 0.00000261. The summed E-state index contributed by atoms with van der Waals surface area (Å²) in [5.41, 5.74) is 7.70. The lowest BCUT2D eigenvalue weighted by molar-refractivity contribution is 0.201. The third-order valence-electron chi connectivity index (χ3n) is 4.25. The van der Waals surface area contributed by atoms with Crippen molar-refractivity contribution >= 4 is 47.2 Å². The second-order valence-corrected chi connectivity index (χ2v) is 6.61. The molecule has 146 valence electrons. The summed E-state index contributed by atoms with van der Waals surface area (Å²) >= 11 is 6.11. The van der Waals surface area contributed by atoms with Gasteiger partial charge in [0.1, 0.15) is 11.9 Å². The number of benzene rings is 1. The minimum absolute atomic E-state index is 0. The minimum Gasteiger partial charge on any atom is -0.495 e. The number of ether oxygens (including phenoxy) is 2.